The van der Waals surface area contributed by atoms with Crippen LogP contribution in [-0.4, -0.2) is 11.1 Å². The van der Waals surface area contributed by atoms with Gasteiger partial charge < -0.3 is 4.42 Å². The van der Waals surface area contributed by atoms with Gasteiger partial charge in [0.1, 0.15) is 11.5 Å². The first-order chi connectivity index (χ1) is 9.61. The van der Waals surface area contributed by atoms with E-state index in [4.69, 9.17) is 4.42 Å². The van der Waals surface area contributed by atoms with Crippen LogP contribution in [0.1, 0.15) is 5.76 Å². The summed E-state index contributed by atoms with van der Waals surface area (Å²) in [7, 11) is 0. The normalized spacial score (nSPS) is 16.8. The molecule has 0 saturated carbocycles. The lowest BCUT2D eigenvalue weighted by Crippen LogP contribution is -2.17. The summed E-state index contributed by atoms with van der Waals surface area (Å²) in [6.07, 6.45) is 1.57. The van der Waals surface area contributed by atoms with Crippen molar-refractivity contribution in [3.63, 3.8) is 0 Å². The lowest BCUT2D eigenvalue weighted by atomic mass is 10.2. The van der Waals surface area contributed by atoms with E-state index in [2.05, 4.69) is 27.9 Å². The molecule has 0 aliphatic carbocycles. The van der Waals surface area contributed by atoms with Crippen LogP contribution in [0.4, 0.5) is 4.79 Å². The fraction of sp³-hybridized carbons (Fsp3) is 0. The molecule has 3 rings (SSSR count). The third-order valence-electron chi connectivity index (χ3n) is 2.67. The summed E-state index contributed by atoms with van der Waals surface area (Å²) in [6, 6.07) is 11.5. The van der Waals surface area contributed by atoms with Crippen LogP contribution >= 0.6 is 34.4 Å². The lowest BCUT2D eigenvalue weighted by Gasteiger charge is -1.96. The number of halogens is 1. The highest BCUT2D eigenvalue weighted by atomic mass is 127. The van der Waals surface area contributed by atoms with E-state index in [0.29, 0.717) is 10.7 Å². The average molecular weight is 397 g/mol. The van der Waals surface area contributed by atoms with E-state index in [1.807, 2.05) is 30.3 Å². The molecule has 0 bridgehead atoms. The molecule has 0 unspecified atom stereocenters. The summed E-state index contributed by atoms with van der Waals surface area (Å²) in [4.78, 5) is 22.9. The number of hydrogen-bond acceptors (Lipinski definition) is 4. The molecule has 20 heavy (non-hydrogen) atoms. The van der Waals surface area contributed by atoms with Crippen molar-refractivity contribution in [1.82, 2.24) is 5.32 Å². The molecule has 0 atom stereocenters. The molecular weight excluding hydrogens is 389 g/mol. The minimum absolute atomic E-state index is 0.346. The number of furan rings is 1. The minimum atomic E-state index is -0.382. The first-order valence-corrected chi connectivity index (χ1v) is 7.62. The maximum absolute atomic E-state index is 11.4. The molecule has 0 radical (unpaired) electrons. The highest BCUT2D eigenvalue weighted by Crippen LogP contribution is 2.28. The Hall–Kier alpha value is -1.54. The zero-order valence-electron chi connectivity index (χ0n) is 10.1. The summed E-state index contributed by atoms with van der Waals surface area (Å²) in [5, 5.41) is 1.85. The van der Waals surface area contributed by atoms with Gasteiger partial charge >= 0.3 is 0 Å². The maximum Gasteiger partial charge on any atom is 0.290 e. The third-order valence-corrected chi connectivity index (χ3v) is 4.20. The summed E-state index contributed by atoms with van der Waals surface area (Å²) >= 11 is 3.11. The Labute approximate surface area is 132 Å². The predicted octanol–water partition coefficient (Wildman–Crippen LogP) is 3.88. The van der Waals surface area contributed by atoms with Crippen LogP contribution in [0, 0.1) is 3.57 Å². The Kier molecular flexibility index (Phi) is 3.66. The third kappa shape index (κ3) is 2.80. The van der Waals surface area contributed by atoms with E-state index in [9.17, 15) is 9.59 Å². The Morgan fingerprint density at radius 1 is 1.10 bits per heavy atom. The number of carbonyl (C=O) groups excluding carboxylic acids is 2. The first kappa shape index (κ1) is 13.4. The molecule has 2 heterocycles. The number of hydrogen-bond donors (Lipinski definition) is 1. The van der Waals surface area contributed by atoms with E-state index in [1.165, 1.54) is 0 Å². The Bertz CT molecular complexity index is 718. The largest absolute Gasteiger partial charge is 0.457 e. The van der Waals surface area contributed by atoms with Gasteiger partial charge in [-0.2, -0.15) is 0 Å². The van der Waals surface area contributed by atoms with Gasteiger partial charge in [0, 0.05) is 15.2 Å². The Morgan fingerprint density at radius 3 is 2.50 bits per heavy atom. The second kappa shape index (κ2) is 5.45. The van der Waals surface area contributed by atoms with Crippen molar-refractivity contribution in [3.8, 4) is 11.3 Å². The number of benzene rings is 1. The van der Waals surface area contributed by atoms with E-state index in [0.717, 1.165) is 26.7 Å². The van der Waals surface area contributed by atoms with Crippen LogP contribution in [0.3, 0.4) is 0 Å². The fourth-order valence-electron chi connectivity index (χ4n) is 1.75. The average Bonchev–Trinajstić information content (AvgIpc) is 2.98. The van der Waals surface area contributed by atoms with Crippen molar-refractivity contribution < 1.29 is 14.0 Å². The molecule has 1 aromatic heterocycles. The van der Waals surface area contributed by atoms with Crippen LogP contribution in [0.15, 0.2) is 45.7 Å². The van der Waals surface area contributed by atoms with Crippen LogP contribution < -0.4 is 5.32 Å². The van der Waals surface area contributed by atoms with E-state index < -0.39 is 0 Å². The minimum Gasteiger partial charge on any atom is -0.457 e. The molecule has 4 nitrogen and oxygen atoms in total. The monoisotopic (exact) mass is 397 g/mol. The van der Waals surface area contributed by atoms with Crippen LogP contribution in [0.5, 0.6) is 0 Å². The molecule has 1 aliphatic rings. The predicted molar refractivity (Wildman–Crippen MR) is 86.0 cm³/mol. The molecule has 6 heteroatoms. The summed E-state index contributed by atoms with van der Waals surface area (Å²) < 4.78 is 6.82. The van der Waals surface area contributed by atoms with Gasteiger partial charge in [-0.1, -0.05) is 12.1 Å². The van der Waals surface area contributed by atoms with Gasteiger partial charge in [-0.05, 0) is 58.6 Å². The van der Waals surface area contributed by atoms with Gasteiger partial charge in [0.15, 0.2) is 0 Å². The van der Waals surface area contributed by atoms with E-state index >= 15 is 0 Å². The molecular formula is C14H8INO3S. The quantitative estimate of drug-likeness (QED) is 0.618. The van der Waals surface area contributed by atoms with Crippen molar-refractivity contribution in [2.75, 3.05) is 0 Å². The highest BCUT2D eigenvalue weighted by Gasteiger charge is 2.25. The van der Waals surface area contributed by atoms with Gasteiger partial charge in [0.05, 0.1) is 4.91 Å². The molecule has 100 valence electrons. The lowest BCUT2D eigenvalue weighted by molar-refractivity contribution is -0.115. The van der Waals surface area contributed by atoms with Crippen LogP contribution in [0.2, 0.25) is 0 Å². The van der Waals surface area contributed by atoms with Crippen molar-refractivity contribution in [1.29, 1.82) is 0 Å². The molecule has 1 aromatic carbocycles. The molecule has 1 aliphatic heterocycles. The summed E-state index contributed by atoms with van der Waals surface area (Å²) in [6.45, 7) is 0. The van der Waals surface area contributed by atoms with Crippen molar-refractivity contribution in [2.24, 2.45) is 0 Å². The van der Waals surface area contributed by atoms with E-state index in [1.54, 1.807) is 12.1 Å². The molecule has 1 fully saturated rings. The SMILES string of the molecule is O=C1NC(=O)/C(=C/c2ccc(-c3ccc(I)cc3)o2)S1. The summed E-state index contributed by atoms with van der Waals surface area (Å²) in [5.74, 6) is 0.890. The van der Waals surface area contributed by atoms with Crippen molar-refractivity contribution >= 4 is 51.6 Å². The molecule has 1 N–H and O–H groups in total. The van der Waals surface area contributed by atoms with Gasteiger partial charge in [0.25, 0.3) is 11.1 Å². The first-order valence-electron chi connectivity index (χ1n) is 5.72. The second-order valence-corrected chi connectivity index (χ2v) is 6.32. The summed E-state index contributed by atoms with van der Waals surface area (Å²) in [5.41, 5.74) is 0.967. The highest BCUT2D eigenvalue weighted by molar-refractivity contribution is 14.1. The number of amides is 2. The molecule has 2 amide bonds. The Morgan fingerprint density at radius 2 is 1.85 bits per heavy atom. The number of nitrogens with one attached hydrogen (secondary N) is 1. The number of carbonyl (C=O) groups is 2. The fourth-order valence-corrected chi connectivity index (χ4v) is 2.77. The van der Waals surface area contributed by atoms with E-state index in [-0.39, 0.29) is 11.1 Å². The molecule has 0 spiro atoms. The zero-order valence-corrected chi connectivity index (χ0v) is 13.0. The molecule has 1 saturated heterocycles. The maximum atomic E-state index is 11.4. The standard InChI is InChI=1S/C14H8INO3S/c15-9-3-1-8(2-4-9)11-6-5-10(19-11)7-12-13(17)16-14(18)20-12/h1-7H,(H,16,17,18)/b12-7-. The number of thioether (sulfide) groups is 1. The number of rotatable bonds is 2. The topological polar surface area (TPSA) is 59.3 Å². The smallest absolute Gasteiger partial charge is 0.290 e. The number of imide groups is 1. The molecule has 2 aromatic rings. The second-order valence-electron chi connectivity index (χ2n) is 4.06. The Balaban J connectivity index is 1.87. The van der Waals surface area contributed by atoms with Gasteiger partial charge in [0.2, 0.25) is 0 Å². The van der Waals surface area contributed by atoms with Gasteiger partial charge in [-0.3, -0.25) is 14.9 Å². The van der Waals surface area contributed by atoms with Crippen LogP contribution in [0.25, 0.3) is 17.4 Å². The van der Waals surface area contributed by atoms with Gasteiger partial charge in [-0.25, -0.2) is 0 Å². The van der Waals surface area contributed by atoms with Gasteiger partial charge in [-0.15, -0.1) is 0 Å². The van der Waals surface area contributed by atoms with Crippen molar-refractivity contribution in [2.45, 2.75) is 0 Å². The zero-order chi connectivity index (χ0) is 14.1. The van der Waals surface area contributed by atoms with Crippen LogP contribution in [-0.2, 0) is 4.79 Å². The van der Waals surface area contributed by atoms with Crippen molar-refractivity contribution in [3.05, 3.63) is 50.6 Å².